The average molecular weight is 395 g/mol. The van der Waals surface area contributed by atoms with Crippen LogP contribution in [0.2, 0.25) is 0 Å². The van der Waals surface area contributed by atoms with Gasteiger partial charge >= 0.3 is 5.97 Å². The Labute approximate surface area is 168 Å². The van der Waals surface area contributed by atoms with Crippen molar-refractivity contribution in [3.05, 3.63) is 42.0 Å². The number of allylic oxidation sites excluding steroid dienone is 2. The molecular formula is C21H21N3O5. The van der Waals surface area contributed by atoms with Gasteiger partial charge in [-0.15, -0.1) is 0 Å². The lowest BCUT2D eigenvalue weighted by Crippen LogP contribution is -2.35. The number of fused-ring (bicyclic) bond motifs is 1. The highest BCUT2D eigenvalue weighted by atomic mass is 16.5. The normalized spacial score (nSPS) is 21.3. The molecule has 3 amide bonds. The second-order valence-corrected chi connectivity index (χ2v) is 7.04. The topological polar surface area (TPSA) is 117 Å². The number of carbonyl (C=O) groups excluding carboxylic acids is 4. The predicted molar refractivity (Wildman–Crippen MR) is 102 cm³/mol. The number of hydrogen-bond donors (Lipinski definition) is 1. The van der Waals surface area contributed by atoms with E-state index in [-0.39, 0.29) is 36.6 Å². The van der Waals surface area contributed by atoms with E-state index in [1.807, 2.05) is 18.2 Å². The van der Waals surface area contributed by atoms with Crippen molar-refractivity contribution < 1.29 is 23.9 Å². The van der Waals surface area contributed by atoms with Crippen LogP contribution in [0.25, 0.3) is 0 Å². The molecule has 1 fully saturated rings. The molecule has 2 aliphatic rings. The van der Waals surface area contributed by atoms with Gasteiger partial charge in [-0.3, -0.25) is 24.1 Å². The first-order valence-electron chi connectivity index (χ1n) is 9.41. The second kappa shape index (κ2) is 8.69. The van der Waals surface area contributed by atoms with Gasteiger partial charge in [-0.2, -0.15) is 5.26 Å². The van der Waals surface area contributed by atoms with E-state index in [2.05, 4.69) is 5.32 Å². The third kappa shape index (κ3) is 4.51. The number of nitrogens with one attached hydrogen (secondary N) is 1. The maximum absolute atomic E-state index is 12.4. The first-order chi connectivity index (χ1) is 13.9. The quantitative estimate of drug-likeness (QED) is 0.446. The average Bonchev–Trinajstić information content (AvgIpc) is 2.97. The van der Waals surface area contributed by atoms with E-state index in [1.165, 1.54) is 6.92 Å². The van der Waals surface area contributed by atoms with E-state index in [9.17, 15) is 19.2 Å². The number of esters is 1. The molecule has 1 aromatic rings. The van der Waals surface area contributed by atoms with Crippen molar-refractivity contribution in [2.45, 2.75) is 32.3 Å². The number of hydrogen-bond acceptors (Lipinski definition) is 6. The van der Waals surface area contributed by atoms with Crippen LogP contribution in [0.3, 0.4) is 0 Å². The SMILES string of the molecule is C[C@@H](OC(=O)CCN1C(=O)[C@H]2CC=CC[C@H]2C1=O)C(=O)Nc1ccc(C#N)cc1. The molecule has 1 aliphatic carbocycles. The maximum atomic E-state index is 12.4. The molecule has 0 radical (unpaired) electrons. The van der Waals surface area contributed by atoms with Gasteiger partial charge in [-0.25, -0.2) is 0 Å². The van der Waals surface area contributed by atoms with E-state index in [4.69, 9.17) is 10.00 Å². The van der Waals surface area contributed by atoms with Crippen LogP contribution in [-0.4, -0.2) is 41.2 Å². The summed E-state index contributed by atoms with van der Waals surface area (Å²) in [6.45, 7) is 1.39. The summed E-state index contributed by atoms with van der Waals surface area (Å²) in [5.74, 6) is -2.34. The summed E-state index contributed by atoms with van der Waals surface area (Å²) >= 11 is 0. The van der Waals surface area contributed by atoms with Gasteiger partial charge in [0.2, 0.25) is 11.8 Å². The molecule has 3 rings (SSSR count). The first kappa shape index (κ1) is 20.3. The summed E-state index contributed by atoms with van der Waals surface area (Å²) in [4.78, 5) is 50.1. The van der Waals surface area contributed by atoms with Gasteiger partial charge in [-0.05, 0) is 44.0 Å². The molecule has 1 N–H and O–H groups in total. The van der Waals surface area contributed by atoms with E-state index in [1.54, 1.807) is 24.3 Å². The summed E-state index contributed by atoms with van der Waals surface area (Å²) in [6, 6.07) is 8.24. The number of imide groups is 1. The zero-order valence-electron chi connectivity index (χ0n) is 16.0. The maximum Gasteiger partial charge on any atom is 0.308 e. The highest BCUT2D eigenvalue weighted by molar-refractivity contribution is 6.05. The Morgan fingerprint density at radius 2 is 1.76 bits per heavy atom. The monoisotopic (exact) mass is 395 g/mol. The van der Waals surface area contributed by atoms with Crippen LogP contribution in [0.5, 0.6) is 0 Å². The Bertz CT molecular complexity index is 874. The highest BCUT2D eigenvalue weighted by Crippen LogP contribution is 2.35. The van der Waals surface area contributed by atoms with Crippen LogP contribution in [0.15, 0.2) is 36.4 Å². The highest BCUT2D eigenvalue weighted by Gasteiger charge is 2.47. The Balaban J connectivity index is 1.47. The number of ether oxygens (including phenoxy) is 1. The third-order valence-electron chi connectivity index (χ3n) is 5.10. The predicted octanol–water partition coefficient (Wildman–Crippen LogP) is 1.77. The molecule has 3 atom stereocenters. The van der Waals surface area contributed by atoms with Crippen molar-refractivity contribution >= 4 is 29.4 Å². The van der Waals surface area contributed by atoms with Crippen LogP contribution >= 0.6 is 0 Å². The van der Waals surface area contributed by atoms with Crippen LogP contribution in [0.1, 0.15) is 31.7 Å². The van der Waals surface area contributed by atoms with Crippen molar-refractivity contribution in [2.24, 2.45) is 11.8 Å². The summed E-state index contributed by atoms with van der Waals surface area (Å²) < 4.78 is 5.11. The van der Waals surface area contributed by atoms with Crippen molar-refractivity contribution in [1.29, 1.82) is 5.26 Å². The van der Waals surface area contributed by atoms with Crippen molar-refractivity contribution in [2.75, 3.05) is 11.9 Å². The molecule has 1 heterocycles. The Kier molecular flexibility index (Phi) is 6.07. The van der Waals surface area contributed by atoms with Crippen LogP contribution in [-0.2, 0) is 23.9 Å². The molecule has 0 unspecified atom stereocenters. The molecule has 150 valence electrons. The van der Waals surface area contributed by atoms with Gasteiger partial charge in [0.05, 0.1) is 29.9 Å². The molecule has 0 aromatic heterocycles. The molecule has 8 heteroatoms. The number of likely N-dealkylation sites (tertiary alicyclic amines) is 1. The van der Waals surface area contributed by atoms with E-state index in [0.29, 0.717) is 24.1 Å². The fourth-order valence-electron chi connectivity index (χ4n) is 3.47. The van der Waals surface area contributed by atoms with Crippen molar-refractivity contribution in [3.8, 4) is 6.07 Å². The smallest absolute Gasteiger partial charge is 0.308 e. The number of anilines is 1. The molecule has 0 bridgehead atoms. The van der Waals surface area contributed by atoms with Crippen LogP contribution < -0.4 is 5.32 Å². The standard InChI is InChI=1S/C21H21N3O5/c1-13(19(26)23-15-8-6-14(12-22)7-9-15)29-18(25)10-11-24-20(27)16-4-2-3-5-17(16)21(24)28/h2-3,6-9,13,16-17H,4-5,10-11H2,1H3,(H,23,26)/t13-,16-,17+/m1/s1. The summed E-state index contributed by atoms with van der Waals surface area (Å²) in [7, 11) is 0. The number of benzene rings is 1. The fourth-order valence-corrected chi connectivity index (χ4v) is 3.47. The number of nitriles is 1. The molecule has 1 aliphatic heterocycles. The lowest BCUT2D eigenvalue weighted by molar-refractivity contribution is -0.154. The summed E-state index contributed by atoms with van der Waals surface area (Å²) in [5, 5.41) is 11.4. The molecule has 1 aromatic carbocycles. The fraction of sp³-hybridized carbons (Fsp3) is 0.381. The zero-order valence-corrected chi connectivity index (χ0v) is 16.0. The van der Waals surface area contributed by atoms with Gasteiger partial charge in [-0.1, -0.05) is 12.2 Å². The molecular weight excluding hydrogens is 374 g/mol. The van der Waals surface area contributed by atoms with E-state index >= 15 is 0 Å². The third-order valence-corrected chi connectivity index (χ3v) is 5.10. The van der Waals surface area contributed by atoms with Gasteiger partial charge < -0.3 is 10.1 Å². The lowest BCUT2D eigenvalue weighted by Gasteiger charge is -2.16. The number of nitrogens with zero attached hydrogens (tertiary/aromatic N) is 2. The van der Waals surface area contributed by atoms with Gasteiger partial charge in [0, 0.05) is 12.2 Å². The van der Waals surface area contributed by atoms with Crippen molar-refractivity contribution in [1.82, 2.24) is 4.90 Å². The molecule has 1 saturated heterocycles. The summed E-state index contributed by atoms with van der Waals surface area (Å²) in [5.41, 5.74) is 0.936. The first-order valence-corrected chi connectivity index (χ1v) is 9.41. The Morgan fingerprint density at radius 1 is 1.17 bits per heavy atom. The number of carbonyl (C=O) groups is 4. The Hall–Kier alpha value is -3.47. The minimum Gasteiger partial charge on any atom is -0.452 e. The molecule has 29 heavy (non-hydrogen) atoms. The van der Waals surface area contributed by atoms with Gasteiger partial charge in [0.25, 0.3) is 5.91 Å². The van der Waals surface area contributed by atoms with Gasteiger partial charge in [0.15, 0.2) is 6.10 Å². The number of amides is 3. The van der Waals surface area contributed by atoms with E-state index < -0.39 is 18.0 Å². The largest absolute Gasteiger partial charge is 0.452 e. The molecule has 0 saturated carbocycles. The summed E-state index contributed by atoms with van der Waals surface area (Å²) in [6.07, 6.45) is 3.68. The minimum atomic E-state index is -1.05. The molecule has 8 nitrogen and oxygen atoms in total. The number of rotatable bonds is 6. The van der Waals surface area contributed by atoms with Gasteiger partial charge in [0.1, 0.15) is 0 Å². The second-order valence-electron chi connectivity index (χ2n) is 7.04. The van der Waals surface area contributed by atoms with E-state index in [0.717, 1.165) is 4.90 Å². The Morgan fingerprint density at radius 3 is 2.31 bits per heavy atom. The van der Waals surface area contributed by atoms with Crippen molar-refractivity contribution in [3.63, 3.8) is 0 Å². The molecule has 0 spiro atoms. The zero-order chi connectivity index (χ0) is 21.0. The van der Waals surface area contributed by atoms with Crippen LogP contribution in [0, 0.1) is 23.2 Å². The lowest BCUT2D eigenvalue weighted by atomic mass is 9.85. The van der Waals surface area contributed by atoms with Crippen LogP contribution in [0.4, 0.5) is 5.69 Å². The minimum absolute atomic E-state index is 0.0482.